The van der Waals surface area contributed by atoms with Crippen LogP contribution in [0, 0.1) is 0 Å². The normalized spacial score (nSPS) is 12.3. The Bertz CT molecular complexity index is 867. The molecule has 25 heavy (non-hydrogen) atoms. The van der Waals surface area contributed by atoms with Gasteiger partial charge in [0.25, 0.3) is 5.91 Å². The molecule has 0 saturated carbocycles. The minimum atomic E-state index is -3.49. The summed E-state index contributed by atoms with van der Waals surface area (Å²) in [4.78, 5) is 12.4. The molecule has 2 rings (SSSR count). The van der Waals surface area contributed by atoms with Crippen LogP contribution >= 0.6 is 11.6 Å². The molecule has 1 atom stereocenters. The van der Waals surface area contributed by atoms with Crippen molar-refractivity contribution in [2.24, 2.45) is 0 Å². The topological polar surface area (TPSA) is 84.5 Å². The number of ether oxygens (including phenoxy) is 1. The molecule has 0 aromatic heterocycles. The van der Waals surface area contributed by atoms with Gasteiger partial charge in [0.1, 0.15) is 5.75 Å². The van der Waals surface area contributed by atoms with E-state index in [1.807, 2.05) is 31.2 Å². The lowest BCUT2D eigenvalue weighted by atomic mass is 10.1. The van der Waals surface area contributed by atoms with Crippen molar-refractivity contribution in [1.29, 1.82) is 0 Å². The molecule has 0 bridgehead atoms. The zero-order valence-electron chi connectivity index (χ0n) is 14.0. The molecule has 134 valence electrons. The Kier molecular flexibility index (Phi) is 5.92. The van der Waals surface area contributed by atoms with Gasteiger partial charge in [-0.3, -0.25) is 9.52 Å². The molecule has 0 fully saturated rings. The Morgan fingerprint density at radius 2 is 1.80 bits per heavy atom. The molecule has 2 aromatic carbocycles. The van der Waals surface area contributed by atoms with Crippen molar-refractivity contribution in [1.82, 2.24) is 5.32 Å². The largest absolute Gasteiger partial charge is 0.497 e. The van der Waals surface area contributed by atoms with Crippen LogP contribution in [0.2, 0.25) is 5.02 Å². The van der Waals surface area contributed by atoms with Gasteiger partial charge >= 0.3 is 0 Å². The fourth-order valence-corrected chi connectivity index (χ4v) is 2.99. The number of benzene rings is 2. The number of amides is 1. The second-order valence-electron chi connectivity index (χ2n) is 5.54. The summed E-state index contributed by atoms with van der Waals surface area (Å²) in [6, 6.07) is 11.5. The third kappa shape index (κ3) is 5.37. The van der Waals surface area contributed by atoms with Crippen LogP contribution in [-0.2, 0) is 10.0 Å². The number of methoxy groups -OCH3 is 1. The lowest BCUT2D eigenvalue weighted by Crippen LogP contribution is -2.26. The van der Waals surface area contributed by atoms with Crippen molar-refractivity contribution in [2.75, 3.05) is 18.1 Å². The van der Waals surface area contributed by atoms with E-state index in [-0.39, 0.29) is 22.7 Å². The zero-order chi connectivity index (χ0) is 18.6. The molecule has 8 heteroatoms. The first-order valence-electron chi connectivity index (χ1n) is 7.42. The van der Waals surface area contributed by atoms with Crippen molar-refractivity contribution in [3.63, 3.8) is 0 Å². The number of anilines is 1. The Balaban J connectivity index is 2.15. The maximum Gasteiger partial charge on any atom is 0.251 e. The second-order valence-corrected chi connectivity index (χ2v) is 7.69. The van der Waals surface area contributed by atoms with Gasteiger partial charge in [0.05, 0.1) is 30.1 Å². The molecule has 0 aliphatic heterocycles. The smallest absolute Gasteiger partial charge is 0.251 e. The molecule has 2 aromatic rings. The maximum atomic E-state index is 12.4. The van der Waals surface area contributed by atoms with Gasteiger partial charge in [-0.05, 0) is 42.8 Å². The van der Waals surface area contributed by atoms with Gasteiger partial charge < -0.3 is 10.1 Å². The predicted octanol–water partition coefficient (Wildman–Crippen LogP) is 3.21. The van der Waals surface area contributed by atoms with Crippen molar-refractivity contribution in [3.05, 3.63) is 58.6 Å². The third-order valence-electron chi connectivity index (χ3n) is 3.49. The summed E-state index contributed by atoms with van der Waals surface area (Å²) in [5.74, 6) is 0.396. The van der Waals surface area contributed by atoms with E-state index in [0.29, 0.717) is 5.56 Å². The molecule has 0 aliphatic carbocycles. The lowest BCUT2D eigenvalue weighted by Gasteiger charge is -2.15. The Hall–Kier alpha value is -2.25. The summed E-state index contributed by atoms with van der Waals surface area (Å²) in [5.41, 5.74) is 1.38. The van der Waals surface area contributed by atoms with Crippen molar-refractivity contribution >= 4 is 33.2 Å². The number of halogens is 1. The van der Waals surface area contributed by atoms with Crippen molar-refractivity contribution in [3.8, 4) is 5.75 Å². The van der Waals surface area contributed by atoms with E-state index in [2.05, 4.69) is 10.0 Å². The van der Waals surface area contributed by atoms with Gasteiger partial charge in [-0.2, -0.15) is 0 Å². The Labute approximate surface area is 152 Å². The molecule has 0 spiro atoms. The number of carbonyl (C=O) groups is 1. The summed E-state index contributed by atoms with van der Waals surface area (Å²) < 4.78 is 30.1. The number of sulfonamides is 1. The highest BCUT2D eigenvalue weighted by Crippen LogP contribution is 2.24. The van der Waals surface area contributed by atoms with E-state index >= 15 is 0 Å². The van der Waals surface area contributed by atoms with Crippen molar-refractivity contribution in [2.45, 2.75) is 13.0 Å². The maximum absolute atomic E-state index is 12.4. The molecule has 0 heterocycles. The van der Waals surface area contributed by atoms with Gasteiger partial charge in [0.15, 0.2) is 0 Å². The minimum Gasteiger partial charge on any atom is -0.497 e. The summed E-state index contributed by atoms with van der Waals surface area (Å²) in [6.45, 7) is 1.85. The van der Waals surface area contributed by atoms with Crippen LogP contribution in [0.3, 0.4) is 0 Å². The van der Waals surface area contributed by atoms with Gasteiger partial charge in [-0.1, -0.05) is 23.7 Å². The van der Waals surface area contributed by atoms with E-state index in [9.17, 15) is 13.2 Å². The number of rotatable bonds is 6. The predicted molar refractivity (Wildman–Crippen MR) is 98.8 cm³/mol. The average molecular weight is 383 g/mol. The number of nitrogens with one attached hydrogen (secondary N) is 2. The van der Waals surface area contributed by atoms with E-state index in [1.165, 1.54) is 18.2 Å². The first-order chi connectivity index (χ1) is 11.7. The summed E-state index contributed by atoms with van der Waals surface area (Å²) in [6.07, 6.45) is 1.02. The van der Waals surface area contributed by atoms with Gasteiger partial charge in [-0.15, -0.1) is 0 Å². The van der Waals surface area contributed by atoms with E-state index in [0.717, 1.165) is 17.6 Å². The van der Waals surface area contributed by atoms with Gasteiger partial charge in [-0.25, -0.2) is 8.42 Å². The molecule has 0 unspecified atom stereocenters. The highest BCUT2D eigenvalue weighted by molar-refractivity contribution is 7.92. The quantitative estimate of drug-likeness (QED) is 0.803. The molecular formula is C17H19ClN2O4S. The van der Waals surface area contributed by atoms with E-state index in [4.69, 9.17) is 16.3 Å². The SMILES string of the molecule is COc1ccc([C@H](C)NC(=O)c2ccc(Cl)c(NS(C)(=O)=O)c2)cc1. The van der Waals surface area contributed by atoms with Crippen LogP contribution in [0.5, 0.6) is 5.75 Å². The molecular weight excluding hydrogens is 364 g/mol. The van der Waals surface area contributed by atoms with Crippen LogP contribution in [0.4, 0.5) is 5.69 Å². The highest BCUT2D eigenvalue weighted by Gasteiger charge is 2.14. The van der Waals surface area contributed by atoms with Gasteiger partial charge in [0, 0.05) is 5.56 Å². The van der Waals surface area contributed by atoms with Crippen LogP contribution in [0.1, 0.15) is 28.9 Å². The van der Waals surface area contributed by atoms with Crippen LogP contribution in [0.25, 0.3) is 0 Å². The number of carbonyl (C=O) groups excluding carboxylic acids is 1. The van der Waals surface area contributed by atoms with Crippen LogP contribution in [-0.4, -0.2) is 27.7 Å². The monoisotopic (exact) mass is 382 g/mol. The molecule has 1 amide bonds. The first-order valence-corrected chi connectivity index (χ1v) is 9.68. The Morgan fingerprint density at radius 1 is 1.16 bits per heavy atom. The fourth-order valence-electron chi connectivity index (χ4n) is 2.20. The zero-order valence-corrected chi connectivity index (χ0v) is 15.6. The Morgan fingerprint density at radius 3 is 2.36 bits per heavy atom. The summed E-state index contributed by atoms with van der Waals surface area (Å²) in [5, 5.41) is 3.07. The number of hydrogen-bond acceptors (Lipinski definition) is 4. The lowest BCUT2D eigenvalue weighted by molar-refractivity contribution is 0.0940. The summed E-state index contributed by atoms with van der Waals surface area (Å²) >= 11 is 5.97. The molecule has 0 radical (unpaired) electrons. The number of hydrogen-bond donors (Lipinski definition) is 2. The second kappa shape index (κ2) is 7.76. The van der Waals surface area contributed by atoms with E-state index in [1.54, 1.807) is 7.11 Å². The first kappa shape index (κ1) is 19.1. The third-order valence-corrected chi connectivity index (χ3v) is 4.41. The van der Waals surface area contributed by atoms with Crippen molar-refractivity contribution < 1.29 is 17.9 Å². The fraction of sp³-hybridized carbons (Fsp3) is 0.235. The minimum absolute atomic E-state index is 0.161. The average Bonchev–Trinajstić information content (AvgIpc) is 2.55. The standard InChI is InChI=1S/C17H19ClN2O4S/c1-11(12-4-7-14(24-2)8-5-12)19-17(21)13-6-9-15(18)16(10-13)20-25(3,22)23/h4-11,20H,1-3H3,(H,19,21)/t11-/m0/s1. The molecule has 0 saturated heterocycles. The van der Waals surface area contributed by atoms with Crippen LogP contribution in [0.15, 0.2) is 42.5 Å². The van der Waals surface area contributed by atoms with Gasteiger partial charge in [0.2, 0.25) is 10.0 Å². The molecule has 6 nitrogen and oxygen atoms in total. The molecule has 0 aliphatic rings. The van der Waals surface area contributed by atoms with E-state index < -0.39 is 10.0 Å². The summed E-state index contributed by atoms with van der Waals surface area (Å²) in [7, 11) is -1.91. The highest BCUT2D eigenvalue weighted by atomic mass is 35.5. The molecule has 2 N–H and O–H groups in total. The van der Waals surface area contributed by atoms with Crippen LogP contribution < -0.4 is 14.8 Å².